The first kappa shape index (κ1) is 13.6. The van der Waals surface area contributed by atoms with E-state index in [0.29, 0.717) is 6.54 Å². The molecule has 0 bridgehead atoms. The zero-order valence-electron chi connectivity index (χ0n) is 10.7. The lowest BCUT2D eigenvalue weighted by molar-refractivity contribution is -0.142. The number of nitrogens with one attached hydrogen (secondary N) is 1. The summed E-state index contributed by atoms with van der Waals surface area (Å²) < 4.78 is 0. The minimum Gasteiger partial charge on any atom is -0.481 e. The molecule has 0 amide bonds. The Morgan fingerprint density at radius 1 is 1.29 bits per heavy atom. The van der Waals surface area contributed by atoms with E-state index in [9.17, 15) is 4.79 Å². The third kappa shape index (κ3) is 4.10. The van der Waals surface area contributed by atoms with Gasteiger partial charge in [0, 0.05) is 12.2 Å². The van der Waals surface area contributed by atoms with Crippen molar-refractivity contribution in [3.05, 3.63) is 29.8 Å². The fourth-order valence-electron chi connectivity index (χ4n) is 1.69. The maximum Gasteiger partial charge on any atom is 0.308 e. The fourth-order valence-corrected chi connectivity index (χ4v) is 1.69. The van der Waals surface area contributed by atoms with Crippen molar-refractivity contribution in [1.29, 1.82) is 0 Å². The monoisotopic (exact) mass is 235 g/mol. The molecule has 1 rings (SSSR count). The van der Waals surface area contributed by atoms with Crippen LogP contribution in [0, 0.1) is 11.8 Å². The van der Waals surface area contributed by atoms with Crippen LogP contribution in [0.2, 0.25) is 0 Å². The molecule has 1 aromatic rings. The molecule has 1 aromatic carbocycles. The predicted molar refractivity (Wildman–Crippen MR) is 70.3 cm³/mol. The van der Waals surface area contributed by atoms with Crippen molar-refractivity contribution in [3.8, 4) is 0 Å². The van der Waals surface area contributed by atoms with Crippen molar-refractivity contribution in [3.63, 3.8) is 0 Å². The molecule has 0 spiro atoms. The molecule has 0 radical (unpaired) electrons. The summed E-state index contributed by atoms with van der Waals surface area (Å²) in [4.78, 5) is 11.0. The van der Waals surface area contributed by atoms with E-state index in [1.165, 1.54) is 5.56 Å². The average Bonchev–Trinajstić information content (AvgIpc) is 2.29. The minimum atomic E-state index is -0.738. The van der Waals surface area contributed by atoms with E-state index in [0.717, 1.165) is 12.1 Å². The molecule has 94 valence electrons. The van der Waals surface area contributed by atoms with Crippen molar-refractivity contribution in [1.82, 2.24) is 0 Å². The number of hydrogen-bond acceptors (Lipinski definition) is 2. The molecule has 0 aromatic heterocycles. The van der Waals surface area contributed by atoms with Gasteiger partial charge in [0.05, 0.1) is 5.92 Å². The lowest BCUT2D eigenvalue weighted by atomic mass is 9.96. The number of carboxylic acids is 1. The van der Waals surface area contributed by atoms with Crippen molar-refractivity contribution in [2.24, 2.45) is 11.8 Å². The zero-order chi connectivity index (χ0) is 12.8. The van der Waals surface area contributed by atoms with Crippen molar-refractivity contribution in [2.75, 3.05) is 11.9 Å². The van der Waals surface area contributed by atoms with E-state index in [-0.39, 0.29) is 11.8 Å². The van der Waals surface area contributed by atoms with Crippen molar-refractivity contribution >= 4 is 11.7 Å². The predicted octanol–water partition coefficient (Wildman–Crippen LogP) is 3.02. The Morgan fingerprint density at radius 2 is 1.88 bits per heavy atom. The van der Waals surface area contributed by atoms with Gasteiger partial charge in [-0.05, 0) is 30.0 Å². The smallest absolute Gasteiger partial charge is 0.308 e. The Morgan fingerprint density at radius 3 is 2.29 bits per heavy atom. The van der Waals surface area contributed by atoms with Crippen LogP contribution >= 0.6 is 0 Å². The van der Waals surface area contributed by atoms with Gasteiger partial charge in [0.15, 0.2) is 0 Å². The number of carboxylic acid groups (broad SMARTS) is 1. The van der Waals surface area contributed by atoms with Crippen molar-refractivity contribution in [2.45, 2.75) is 27.2 Å². The van der Waals surface area contributed by atoms with Gasteiger partial charge in [0.2, 0.25) is 0 Å². The van der Waals surface area contributed by atoms with Gasteiger partial charge < -0.3 is 10.4 Å². The molecule has 0 aliphatic rings. The van der Waals surface area contributed by atoms with E-state index >= 15 is 0 Å². The molecule has 0 saturated heterocycles. The molecule has 0 aliphatic heterocycles. The summed E-state index contributed by atoms with van der Waals surface area (Å²) in [6, 6.07) is 8.12. The zero-order valence-corrected chi connectivity index (χ0v) is 10.7. The lowest BCUT2D eigenvalue weighted by Gasteiger charge is -2.17. The molecule has 3 heteroatoms. The van der Waals surface area contributed by atoms with E-state index < -0.39 is 5.97 Å². The summed E-state index contributed by atoms with van der Waals surface area (Å²) in [6.07, 6.45) is 1.02. The molecule has 1 unspecified atom stereocenters. The number of hydrogen-bond donors (Lipinski definition) is 2. The summed E-state index contributed by atoms with van der Waals surface area (Å²) in [6.45, 7) is 6.45. The molecular formula is C14H21NO2. The van der Waals surface area contributed by atoms with Crippen molar-refractivity contribution < 1.29 is 9.90 Å². The standard InChI is InChI=1S/C14H21NO2/c1-4-11-5-7-12(8-6-11)15-9-13(10(2)3)14(16)17/h5-8,10,13,15H,4,9H2,1-3H3,(H,16,17). The van der Waals surface area contributed by atoms with Crippen LogP contribution in [0.15, 0.2) is 24.3 Å². The van der Waals surface area contributed by atoms with Crippen LogP contribution in [0.3, 0.4) is 0 Å². The molecule has 1 atom stereocenters. The van der Waals surface area contributed by atoms with Crippen LogP contribution in [0.5, 0.6) is 0 Å². The lowest BCUT2D eigenvalue weighted by Crippen LogP contribution is -2.27. The topological polar surface area (TPSA) is 49.3 Å². The van der Waals surface area contributed by atoms with Crippen LogP contribution < -0.4 is 5.32 Å². The second-order valence-corrected chi connectivity index (χ2v) is 4.62. The Hall–Kier alpha value is -1.51. The summed E-state index contributed by atoms with van der Waals surface area (Å²) in [5, 5.41) is 12.2. The molecular weight excluding hydrogens is 214 g/mol. The molecule has 17 heavy (non-hydrogen) atoms. The van der Waals surface area contributed by atoms with Gasteiger partial charge in [-0.3, -0.25) is 4.79 Å². The molecule has 3 nitrogen and oxygen atoms in total. The number of carbonyl (C=O) groups is 1. The highest BCUT2D eigenvalue weighted by Crippen LogP contribution is 2.14. The van der Waals surface area contributed by atoms with Crippen LogP contribution in [0.4, 0.5) is 5.69 Å². The second kappa shape index (κ2) is 6.28. The summed E-state index contributed by atoms with van der Waals surface area (Å²) >= 11 is 0. The largest absolute Gasteiger partial charge is 0.481 e. The third-order valence-corrected chi connectivity index (χ3v) is 3.01. The number of aryl methyl sites for hydroxylation is 1. The van der Waals surface area contributed by atoms with E-state index in [2.05, 4.69) is 24.4 Å². The van der Waals surface area contributed by atoms with Gasteiger partial charge in [-0.15, -0.1) is 0 Å². The molecule has 0 fully saturated rings. The van der Waals surface area contributed by atoms with Crippen LogP contribution in [0.25, 0.3) is 0 Å². The Balaban J connectivity index is 2.56. The highest BCUT2D eigenvalue weighted by molar-refractivity contribution is 5.71. The Bertz CT molecular complexity index is 357. The average molecular weight is 235 g/mol. The number of aliphatic carboxylic acids is 1. The molecule has 0 saturated carbocycles. The fraction of sp³-hybridized carbons (Fsp3) is 0.500. The normalized spacial score (nSPS) is 12.5. The summed E-state index contributed by atoms with van der Waals surface area (Å²) in [5.74, 6) is -0.951. The highest BCUT2D eigenvalue weighted by Gasteiger charge is 2.20. The molecule has 0 aliphatic carbocycles. The van der Waals surface area contributed by atoms with Gasteiger partial charge in [0.1, 0.15) is 0 Å². The molecule has 2 N–H and O–H groups in total. The first-order chi connectivity index (χ1) is 8.04. The van der Waals surface area contributed by atoms with Gasteiger partial charge >= 0.3 is 5.97 Å². The van der Waals surface area contributed by atoms with Gasteiger partial charge in [-0.2, -0.15) is 0 Å². The summed E-state index contributed by atoms with van der Waals surface area (Å²) in [5.41, 5.74) is 2.27. The van der Waals surface area contributed by atoms with Crippen LogP contribution in [-0.4, -0.2) is 17.6 Å². The van der Waals surface area contributed by atoms with E-state index in [1.807, 2.05) is 26.0 Å². The number of benzene rings is 1. The van der Waals surface area contributed by atoms with Gasteiger partial charge in [-0.25, -0.2) is 0 Å². The molecule has 0 heterocycles. The van der Waals surface area contributed by atoms with Gasteiger partial charge in [-0.1, -0.05) is 32.9 Å². The minimum absolute atomic E-state index is 0.134. The second-order valence-electron chi connectivity index (χ2n) is 4.62. The van der Waals surface area contributed by atoms with E-state index in [1.54, 1.807) is 0 Å². The maximum absolute atomic E-state index is 11.0. The SMILES string of the molecule is CCc1ccc(NCC(C(=O)O)C(C)C)cc1. The quantitative estimate of drug-likeness (QED) is 0.796. The first-order valence-corrected chi connectivity index (χ1v) is 6.10. The maximum atomic E-state index is 11.0. The third-order valence-electron chi connectivity index (χ3n) is 3.01. The number of anilines is 1. The Labute approximate surface area is 103 Å². The number of rotatable bonds is 6. The summed E-state index contributed by atoms with van der Waals surface area (Å²) in [7, 11) is 0. The van der Waals surface area contributed by atoms with Crippen LogP contribution in [-0.2, 0) is 11.2 Å². The Kier molecular flexibility index (Phi) is 5.01. The first-order valence-electron chi connectivity index (χ1n) is 6.10. The van der Waals surface area contributed by atoms with E-state index in [4.69, 9.17) is 5.11 Å². The van der Waals surface area contributed by atoms with Crippen LogP contribution in [0.1, 0.15) is 26.3 Å². The van der Waals surface area contributed by atoms with Gasteiger partial charge in [0.25, 0.3) is 0 Å². The highest BCUT2D eigenvalue weighted by atomic mass is 16.4.